The smallest absolute Gasteiger partial charge is 0.257 e. The SMILES string of the molecule is Cc1ccc2c(Nc3ccc(Cl)c(F)c3)c(C(=O)N3CCCCCC3)cnc2n1. The lowest BCUT2D eigenvalue weighted by Gasteiger charge is -2.22. The number of pyridine rings is 2. The minimum atomic E-state index is -0.524. The molecular formula is C22H22ClFN4O. The lowest BCUT2D eigenvalue weighted by atomic mass is 10.1. The van der Waals surface area contributed by atoms with E-state index in [1.54, 1.807) is 12.3 Å². The minimum Gasteiger partial charge on any atom is -0.354 e. The van der Waals surface area contributed by atoms with Crippen LogP contribution >= 0.6 is 11.6 Å². The van der Waals surface area contributed by atoms with Crippen molar-refractivity contribution in [3.8, 4) is 0 Å². The summed E-state index contributed by atoms with van der Waals surface area (Å²) in [5.74, 6) is -0.594. The fourth-order valence-electron chi connectivity index (χ4n) is 3.63. The van der Waals surface area contributed by atoms with Crippen molar-refractivity contribution in [1.82, 2.24) is 14.9 Å². The average Bonchev–Trinajstić information content (AvgIpc) is 3.00. The predicted molar refractivity (Wildman–Crippen MR) is 113 cm³/mol. The van der Waals surface area contributed by atoms with Crippen LogP contribution in [0.1, 0.15) is 41.7 Å². The Labute approximate surface area is 173 Å². The zero-order chi connectivity index (χ0) is 20.4. The molecule has 0 saturated carbocycles. The molecule has 150 valence electrons. The number of aromatic nitrogens is 2. The second-order valence-electron chi connectivity index (χ2n) is 7.33. The summed E-state index contributed by atoms with van der Waals surface area (Å²) in [7, 11) is 0. The Morgan fingerprint density at radius 3 is 2.62 bits per heavy atom. The zero-order valence-electron chi connectivity index (χ0n) is 16.2. The summed E-state index contributed by atoms with van der Waals surface area (Å²) >= 11 is 5.81. The fraction of sp³-hybridized carbons (Fsp3) is 0.318. The van der Waals surface area contributed by atoms with Crippen LogP contribution in [0.15, 0.2) is 36.5 Å². The van der Waals surface area contributed by atoms with Crippen LogP contribution in [0.3, 0.4) is 0 Å². The highest BCUT2D eigenvalue weighted by molar-refractivity contribution is 6.30. The Kier molecular flexibility index (Phi) is 5.62. The van der Waals surface area contributed by atoms with Crippen LogP contribution in [-0.4, -0.2) is 33.9 Å². The number of fused-ring (bicyclic) bond motifs is 1. The molecule has 0 unspecified atom stereocenters. The molecule has 0 radical (unpaired) electrons. The molecule has 3 heterocycles. The number of nitrogens with zero attached hydrogens (tertiary/aromatic N) is 3. The summed E-state index contributed by atoms with van der Waals surface area (Å²) in [4.78, 5) is 24.1. The Balaban J connectivity index is 1.80. The van der Waals surface area contributed by atoms with Gasteiger partial charge in [-0.2, -0.15) is 0 Å². The summed E-state index contributed by atoms with van der Waals surface area (Å²) in [6, 6.07) is 8.24. The predicted octanol–water partition coefficient (Wildman–Crippen LogP) is 5.49. The quantitative estimate of drug-likeness (QED) is 0.617. The van der Waals surface area contributed by atoms with Crippen molar-refractivity contribution < 1.29 is 9.18 Å². The number of anilines is 2. The molecule has 3 aromatic rings. The van der Waals surface area contributed by atoms with Gasteiger partial charge in [0.2, 0.25) is 0 Å². The van der Waals surface area contributed by atoms with Gasteiger partial charge >= 0.3 is 0 Å². The third-order valence-electron chi connectivity index (χ3n) is 5.18. The molecule has 29 heavy (non-hydrogen) atoms. The molecule has 1 aliphatic rings. The summed E-state index contributed by atoms with van der Waals surface area (Å²) in [5.41, 5.74) is 2.92. The molecule has 1 aromatic carbocycles. The van der Waals surface area contributed by atoms with Crippen LogP contribution in [0.2, 0.25) is 5.02 Å². The van der Waals surface area contributed by atoms with Gasteiger partial charge < -0.3 is 10.2 Å². The van der Waals surface area contributed by atoms with Gasteiger partial charge in [-0.25, -0.2) is 14.4 Å². The van der Waals surface area contributed by atoms with E-state index in [1.807, 2.05) is 24.0 Å². The third-order valence-corrected chi connectivity index (χ3v) is 5.49. The van der Waals surface area contributed by atoms with Gasteiger partial charge in [0.15, 0.2) is 5.65 Å². The van der Waals surface area contributed by atoms with E-state index in [2.05, 4.69) is 15.3 Å². The maximum atomic E-state index is 14.0. The fourth-order valence-corrected chi connectivity index (χ4v) is 3.75. The number of aryl methyl sites for hydroxylation is 1. The van der Waals surface area contributed by atoms with Gasteiger partial charge in [-0.15, -0.1) is 0 Å². The number of hydrogen-bond donors (Lipinski definition) is 1. The molecular weight excluding hydrogens is 391 g/mol. The summed E-state index contributed by atoms with van der Waals surface area (Å²) in [6.07, 6.45) is 5.84. The molecule has 1 amide bonds. The van der Waals surface area contributed by atoms with E-state index < -0.39 is 5.82 Å². The van der Waals surface area contributed by atoms with Gasteiger partial charge in [-0.1, -0.05) is 24.4 Å². The van der Waals surface area contributed by atoms with E-state index in [0.29, 0.717) is 28.0 Å². The highest BCUT2D eigenvalue weighted by Gasteiger charge is 2.23. The van der Waals surface area contributed by atoms with E-state index >= 15 is 0 Å². The normalized spacial score (nSPS) is 14.7. The number of likely N-dealkylation sites (tertiary alicyclic amines) is 1. The monoisotopic (exact) mass is 412 g/mol. The maximum absolute atomic E-state index is 14.0. The van der Waals surface area contributed by atoms with Crippen molar-refractivity contribution in [3.63, 3.8) is 0 Å². The number of carbonyl (C=O) groups is 1. The zero-order valence-corrected chi connectivity index (χ0v) is 17.0. The summed E-state index contributed by atoms with van der Waals surface area (Å²) in [6.45, 7) is 3.36. The van der Waals surface area contributed by atoms with Crippen molar-refractivity contribution in [1.29, 1.82) is 0 Å². The number of amides is 1. The van der Waals surface area contributed by atoms with Crippen molar-refractivity contribution >= 4 is 39.9 Å². The number of halogens is 2. The summed E-state index contributed by atoms with van der Waals surface area (Å²) in [5, 5.41) is 3.98. The van der Waals surface area contributed by atoms with Crippen molar-refractivity contribution in [2.75, 3.05) is 18.4 Å². The molecule has 1 N–H and O–H groups in total. The first-order valence-electron chi connectivity index (χ1n) is 9.80. The minimum absolute atomic E-state index is 0.0493. The molecule has 0 spiro atoms. The topological polar surface area (TPSA) is 58.1 Å². The highest BCUT2D eigenvalue weighted by atomic mass is 35.5. The van der Waals surface area contributed by atoms with Crippen molar-refractivity contribution in [2.24, 2.45) is 0 Å². The highest BCUT2D eigenvalue weighted by Crippen LogP contribution is 2.31. The first-order valence-corrected chi connectivity index (χ1v) is 10.2. The molecule has 0 aliphatic carbocycles. The first kappa shape index (κ1) is 19.6. The number of benzene rings is 1. The van der Waals surface area contributed by atoms with E-state index in [1.165, 1.54) is 12.1 Å². The van der Waals surface area contributed by atoms with Gasteiger partial charge in [0, 0.05) is 36.1 Å². The second kappa shape index (κ2) is 8.33. The van der Waals surface area contributed by atoms with E-state index in [4.69, 9.17) is 11.6 Å². The molecule has 1 saturated heterocycles. The molecule has 1 fully saturated rings. The second-order valence-corrected chi connectivity index (χ2v) is 7.74. The van der Waals surface area contributed by atoms with Gasteiger partial charge in [0.05, 0.1) is 16.3 Å². The third kappa shape index (κ3) is 4.17. The summed E-state index contributed by atoms with van der Waals surface area (Å²) < 4.78 is 14.0. The molecule has 4 rings (SSSR count). The lowest BCUT2D eigenvalue weighted by Crippen LogP contribution is -2.32. The van der Waals surface area contributed by atoms with Crippen LogP contribution in [0.25, 0.3) is 11.0 Å². The number of hydrogen-bond acceptors (Lipinski definition) is 4. The molecule has 7 heteroatoms. The number of rotatable bonds is 3. The molecule has 0 atom stereocenters. The standard InChI is InChI=1S/C22H22ClFN4O/c1-14-6-8-16-20(27-15-7-9-18(23)19(24)12-15)17(13-25-21(16)26-14)22(29)28-10-4-2-3-5-11-28/h6-9,12-13H,2-5,10-11H2,1H3,(H,25,26,27). The van der Waals surface area contributed by atoms with Crippen LogP contribution in [-0.2, 0) is 0 Å². The molecule has 1 aliphatic heterocycles. The van der Waals surface area contributed by atoms with Gasteiger partial charge in [-0.05, 0) is 50.1 Å². The Morgan fingerprint density at radius 1 is 1.14 bits per heavy atom. The Morgan fingerprint density at radius 2 is 1.90 bits per heavy atom. The van der Waals surface area contributed by atoms with E-state index in [9.17, 15) is 9.18 Å². The lowest BCUT2D eigenvalue weighted by molar-refractivity contribution is 0.0762. The van der Waals surface area contributed by atoms with Crippen LogP contribution < -0.4 is 5.32 Å². The molecule has 2 aromatic heterocycles. The van der Waals surface area contributed by atoms with Crippen molar-refractivity contribution in [2.45, 2.75) is 32.6 Å². The molecule has 0 bridgehead atoms. The maximum Gasteiger partial charge on any atom is 0.257 e. The molecule has 5 nitrogen and oxygen atoms in total. The number of nitrogens with one attached hydrogen (secondary N) is 1. The average molecular weight is 413 g/mol. The first-order chi connectivity index (χ1) is 14.0. The van der Waals surface area contributed by atoms with Crippen LogP contribution in [0, 0.1) is 12.7 Å². The van der Waals surface area contributed by atoms with Crippen LogP contribution in [0.4, 0.5) is 15.8 Å². The van der Waals surface area contributed by atoms with E-state index in [-0.39, 0.29) is 10.9 Å². The largest absolute Gasteiger partial charge is 0.354 e. The van der Waals surface area contributed by atoms with Crippen LogP contribution in [0.5, 0.6) is 0 Å². The van der Waals surface area contributed by atoms with Gasteiger partial charge in [-0.3, -0.25) is 4.79 Å². The van der Waals surface area contributed by atoms with Gasteiger partial charge in [0.25, 0.3) is 5.91 Å². The van der Waals surface area contributed by atoms with Gasteiger partial charge in [0.1, 0.15) is 5.82 Å². The van der Waals surface area contributed by atoms with E-state index in [0.717, 1.165) is 44.5 Å². The Hall–Kier alpha value is -2.73. The Bertz CT molecular complexity index is 1060. The number of carbonyl (C=O) groups excluding carboxylic acids is 1. The van der Waals surface area contributed by atoms with Crippen molar-refractivity contribution in [3.05, 3.63) is 58.6 Å².